The molecule has 2 aliphatic rings. The van der Waals surface area contributed by atoms with E-state index in [0.717, 1.165) is 12.1 Å². The third kappa shape index (κ3) is 3.56. The Kier molecular flexibility index (Phi) is 5.23. The largest absolute Gasteiger partial charge is 0.463 e. The van der Waals surface area contributed by atoms with Gasteiger partial charge in [0.05, 0.1) is 12.4 Å². The van der Waals surface area contributed by atoms with Crippen LogP contribution in [0.1, 0.15) is 38.8 Å². The zero-order chi connectivity index (χ0) is 18.9. The quantitative estimate of drug-likeness (QED) is 0.744. The number of carbonyl (C=O) groups is 1. The first-order valence-corrected chi connectivity index (χ1v) is 10.8. The maximum absolute atomic E-state index is 12.7. The fourth-order valence-corrected chi connectivity index (χ4v) is 6.12. The summed E-state index contributed by atoms with van der Waals surface area (Å²) in [5.74, 6) is 0.530. The van der Waals surface area contributed by atoms with Crippen molar-refractivity contribution in [1.29, 1.82) is 0 Å². The number of amides is 1. The minimum Gasteiger partial charge on any atom is -0.463 e. The molecule has 3 rings (SSSR count). The van der Waals surface area contributed by atoms with E-state index < -0.39 is 14.6 Å². The summed E-state index contributed by atoms with van der Waals surface area (Å²) in [5, 5.41) is 0. The van der Waals surface area contributed by atoms with Crippen LogP contribution >= 0.6 is 0 Å². The minimum atomic E-state index is -3.22. The average molecular weight is 381 g/mol. The molecule has 1 aromatic rings. The fraction of sp³-hybridized carbons (Fsp3) is 0.722. The molecule has 26 heavy (non-hydrogen) atoms. The predicted molar refractivity (Wildman–Crippen MR) is 97.5 cm³/mol. The summed E-state index contributed by atoms with van der Waals surface area (Å²) in [7, 11) is -3.22. The number of aryl methyl sites for hydroxylation is 1. The second-order valence-electron chi connectivity index (χ2n) is 7.84. The highest BCUT2D eigenvalue weighted by molar-refractivity contribution is 7.93. The summed E-state index contributed by atoms with van der Waals surface area (Å²) < 4.78 is 30.1. The number of ether oxygens (including phenoxy) is 1. The normalized spacial score (nSPS) is 23.2. The molecule has 0 aliphatic carbocycles. The van der Waals surface area contributed by atoms with Crippen LogP contribution in [0.2, 0.25) is 0 Å². The van der Waals surface area contributed by atoms with Gasteiger partial charge in [-0.1, -0.05) is 13.8 Å². The van der Waals surface area contributed by atoms with Crippen LogP contribution in [0.3, 0.4) is 0 Å². The van der Waals surface area contributed by atoms with Crippen LogP contribution in [0.25, 0.3) is 0 Å². The second kappa shape index (κ2) is 7.13. The van der Waals surface area contributed by atoms with Gasteiger partial charge in [-0.3, -0.25) is 4.79 Å². The second-order valence-corrected chi connectivity index (χ2v) is 10.3. The van der Waals surface area contributed by atoms with E-state index in [2.05, 4.69) is 23.8 Å². The number of nitrogens with zero attached hydrogens (tertiary/aromatic N) is 3. The number of rotatable bonds is 6. The van der Waals surface area contributed by atoms with Gasteiger partial charge in [0.15, 0.2) is 9.84 Å². The summed E-state index contributed by atoms with van der Waals surface area (Å²) in [5.41, 5.74) is 0.800. The van der Waals surface area contributed by atoms with Crippen LogP contribution in [0.4, 0.5) is 0 Å². The van der Waals surface area contributed by atoms with Crippen LogP contribution in [0.5, 0.6) is 6.01 Å². The topological polar surface area (TPSA) is 89.5 Å². The Labute approximate surface area is 155 Å². The van der Waals surface area contributed by atoms with E-state index >= 15 is 0 Å². The van der Waals surface area contributed by atoms with Crippen LogP contribution in [0, 0.1) is 18.8 Å². The molecule has 1 atom stereocenters. The molecule has 0 N–H and O–H groups in total. The predicted octanol–water partition coefficient (Wildman–Crippen LogP) is 1.62. The van der Waals surface area contributed by atoms with E-state index in [0.29, 0.717) is 18.8 Å². The van der Waals surface area contributed by atoms with Crippen molar-refractivity contribution in [2.24, 2.45) is 11.8 Å². The molecular weight excluding hydrogens is 354 g/mol. The van der Waals surface area contributed by atoms with Gasteiger partial charge in [0.2, 0.25) is 5.91 Å². The Balaban J connectivity index is 1.64. The smallest absolute Gasteiger partial charge is 0.316 e. The Hall–Kier alpha value is -1.70. The van der Waals surface area contributed by atoms with E-state index in [9.17, 15) is 13.2 Å². The van der Waals surface area contributed by atoms with Gasteiger partial charge in [0.25, 0.3) is 0 Å². The number of hydrogen-bond acceptors (Lipinski definition) is 6. The van der Waals surface area contributed by atoms with Crippen LogP contribution in [-0.2, 0) is 14.6 Å². The van der Waals surface area contributed by atoms with E-state index in [4.69, 9.17) is 4.74 Å². The average Bonchev–Trinajstić information content (AvgIpc) is 2.80. The number of hydrogen-bond donors (Lipinski definition) is 0. The third-order valence-electron chi connectivity index (χ3n) is 5.49. The number of likely N-dealkylation sites (tertiary alicyclic amines) is 1. The van der Waals surface area contributed by atoms with Crippen molar-refractivity contribution in [2.75, 3.05) is 25.4 Å². The lowest BCUT2D eigenvalue weighted by atomic mass is 9.83. The van der Waals surface area contributed by atoms with Crippen molar-refractivity contribution >= 4 is 15.7 Å². The van der Waals surface area contributed by atoms with Crippen molar-refractivity contribution < 1.29 is 17.9 Å². The van der Waals surface area contributed by atoms with Gasteiger partial charge >= 0.3 is 6.01 Å². The lowest BCUT2D eigenvalue weighted by Crippen LogP contribution is -2.68. The van der Waals surface area contributed by atoms with Crippen molar-refractivity contribution in [3.8, 4) is 6.01 Å². The maximum atomic E-state index is 12.7. The van der Waals surface area contributed by atoms with E-state index in [1.807, 2.05) is 6.92 Å². The summed E-state index contributed by atoms with van der Waals surface area (Å²) in [4.78, 5) is 22.2. The standard InChI is InChI=1S/C18H27N3O4S/c1-13(2)4-5-16(22)21-11-18(12-21)15(7-9-26(18,23)24)10-25-17-19-8-6-14(3)20-17/h6,8,13,15H,4-5,7,9-12H2,1-3H3. The molecule has 0 bridgehead atoms. The Bertz CT molecular complexity index is 772. The molecule has 0 saturated carbocycles. The van der Waals surface area contributed by atoms with Crippen molar-refractivity contribution in [3.05, 3.63) is 18.0 Å². The minimum absolute atomic E-state index is 0.0492. The highest BCUT2D eigenvalue weighted by Crippen LogP contribution is 2.45. The summed E-state index contributed by atoms with van der Waals surface area (Å²) in [6, 6.07) is 2.05. The zero-order valence-corrected chi connectivity index (χ0v) is 16.5. The SMILES string of the molecule is Cc1ccnc(OCC2CCS(=O)(=O)C23CN(C(=O)CCC(C)C)C3)n1. The van der Waals surface area contributed by atoms with Crippen LogP contribution in [0.15, 0.2) is 12.3 Å². The first-order chi connectivity index (χ1) is 12.2. The maximum Gasteiger partial charge on any atom is 0.316 e. The highest BCUT2D eigenvalue weighted by Gasteiger charge is 2.62. The molecule has 1 aromatic heterocycles. The van der Waals surface area contributed by atoms with Gasteiger partial charge in [-0.05, 0) is 31.7 Å². The first kappa shape index (κ1) is 19.1. The van der Waals surface area contributed by atoms with Gasteiger partial charge in [-0.15, -0.1) is 0 Å². The zero-order valence-electron chi connectivity index (χ0n) is 15.6. The number of aromatic nitrogens is 2. The van der Waals surface area contributed by atoms with Gasteiger partial charge in [-0.2, -0.15) is 0 Å². The van der Waals surface area contributed by atoms with E-state index in [-0.39, 0.29) is 43.3 Å². The lowest BCUT2D eigenvalue weighted by molar-refractivity contribution is -0.137. The molecule has 2 saturated heterocycles. The lowest BCUT2D eigenvalue weighted by Gasteiger charge is -2.49. The summed E-state index contributed by atoms with van der Waals surface area (Å²) in [6.45, 7) is 6.84. The molecule has 1 amide bonds. The highest BCUT2D eigenvalue weighted by atomic mass is 32.2. The van der Waals surface area contributed by atoms with Crippen molar-refractivity contribution in [3.63, 3.8) is 0 Å². The van der Waals surface area contributed by atoms with E-state index in [1.54, 1.807) is 17.2 Å². The van der Waals surface area contributed by atoms with Crippen molar-refractivity contribution in [2.45, 2.75) is 44.8 Å². The first-order valence-electron chi connectivity index (χ1n) is 9.16. The Morgan fingerprint density at radius 1 is 1.42 bits per heavy atom. The third-order valence-corrected chi connectivity index (χ3v) is 8.09. The molecule has 8 heteroatoms. The molecule has 2 aliphatic heterocycles. The van der Waals surface area contributed by atoms with Gasteiger partial charge < -0.3 is 9.64 Å². The number of carbonyl (C=O) groups excluding carboxylic acids is 1. The van der Waals surface area contributed by atoms with Crippen LogP contribution in [-0.4, -0.2) is 59.4 Å². The molecule has 0 radical (unpaired) electrons. The molecular formula is C18H27N3O4S. The molecule has 1 unspecified atom stereocenters. The Morgan fingerprint density at radius 2 is 2.15 bits per heavy atom. The summed E-state index contributed by atoms with van der Waals surface area (Å²) >= 11 is 0. The Morgan fingerprint density at radius 3 is 2.81 bits per heavy atom. The molecule has 7 nitrogen and oxygen atoms in total. The van der Waals surface area contributed by atoms with Gasteiger partial charge in [-0.25, -0.2) is 18.4 Å². The summed E-state index contributed by atoms with van der Waals surface area (Å²) in [6.07, 6.45) is 3.48. The molecule has 0 aromatic carbocycles. The molecule has 2 fully saturated rings. The van der Waals surface area contributed by atoms with E-state index in [1.165, 1.54) is 0 Å². The monoisotopic (exact) mass is 381 g/mol. The fourth-order valence-electron chi connectivity index (χ4n) is 3.72. The van der Waals surface area contributed by atoms with Crippen LogP contribution < -0.4 is 4.74 Å². The molecule has 144 valence electrons. The van der Waals surface area contributed by atoms with Crippen molar-refractivity contribution in [1.82, 2.24) is 14.9 Å². The molecule has 1 spiro atoms. The number of sulfone groups is 1. The van der Waals surface area contributed by atoms with Gasteiger partial charge in [0.1, 0.15) is 4.75 Å². The van der Waals surface area contributed by atoms with Gasteiger partial charge in [0, 0.05) is 37.3 Å². The molecule has 3 heterocycles.